The lowest BCUT2D eigenvalue weighted by Crippen LogP contribution is -1.96. The number of nitrogens with zero attached hydrogens (tertiary/aromatic N) is 2. The molecular weight excluding hydrogens is 653 g/mol. The van der Waals surface area contributed by atoms with Crippen LogP contribution in [0, 0.1) is 0 Å². The van der Waals surface area contributed by atoms with Crippen LogP contribution in [0.15, 0.2) is 206 Å². The van der Waals surface area contributed by atoms with E-state index in [2.05, 4.69) is 215 Å². The molecule has 0 aliphatic rings. The van der Waals surface area contributed by atoms with E-state index >= 15 is 0 Å². The third-order valence-electron chi connectivity index (χ3n) is 11.1. The molecule has 0 saturated carbocycles. The van der Waals surface area contributed by atoms with E-state index in [9.17, 15) is 0 Å². The molecule has 0 saturated heterocycles. The van der Waals surface area contributed by atoms with E-state index in [0.29, 0.717) is 0 Å². The van der Waals surface area contributed by atoms with Crippen LogP contribution in [0.25, 0.3) is 99.1 Å². The zero-order valence-corrected chi connectivity index (χ0v) is 29.5. The Kier molecular flexibility index (Phi) is 6.90. The lowest BCUT2D eigenvalue weighted by molar-refractivity contribution is 1.18. The van der Waals surface area contributed by atoms with E-state index < -0.39 is 0 Å². The maximum Gasteiger partial charge on any atom is 0.0547 e. The van der Waals surface area contributed by atoms with Gasteiger partial charge in [0.1, 0.15) is 0 Å². The Bertz CT molecular complexity index is 3200. The molecule has 0 amide bonds. The first-order chi connectivity index (χ1) is 26.8. The van der Waals surface area contributed by atoms with Gasteiger partial charge in [-0.05, 0) is 111 Å². The molecule has 2 nitrogen and oxygen atoms in total. The van der Waals surface area contributed by atoms with E-state index in [4.69, 9.17) is 0 Å². The third kappa shape index (κ3) is 4.88. The Morgan fingerprint density at radius 3 is 1.52 bits per heavy atom. The Balaban J connectivity index is 1.11. The molecule has 0 N–H and O–H groups in total. The zero-order valence-electron chi connectivity index (χ0n) is 29.5. The van der Waals surface area contributed by atoms with Gasteiger partial charge in [0.05, 0.1) is 22.1 Å². The molecule has 11 aromatic rings. The van der Waals surface area contributed by atoms with Crippen molar-refractivity contribution in [3.63, 3.8) is 0 Å². The van der Waals surface area contributed by atoms with Crippen molar-refractivity contribution in [3.8, 4) is 44.8 Å². The number of para-hydroxylation sites is 3. The number of hydrogen-bond acceptors (Lipinski definition) is 0. The van der Waals surface area contributed by atoms with Crippen LogP contribution >= 0.6 is 0 Å². The van der Waals surface area contributed by atoms with Crippen LogP contribution in [0.1, 0.15) is 0 Å². The first-order valence-electron chi connectivity index (χ1n) is 18.6. The molecule has 0 fully saturated rings. The Morgan fingerprint density at radius 2 is 0.741 bits per heavy atom. The van der Waals surface area contributed by atoms with Gasteiger partial charge in [-0.2, -0.15) is 0 Å². The topological polar surface area (TPSA) is 9.86 Å². The van der Waals surface area contributed by atoms with Crippen LogP contribution < -0.4 is 0 Å². The van der Waals surface area contributed by atoms with Crippen molar-refractivity contribution in [3.05, 3.63) is 206 Å². The summed E-state index contributed by atoms with van der Waals surface area (Å²) in [5.41, 5.74) is 14.3. The summed E-state index contributed by atoms with van der Waals surface area (Å²) in [4.78, 5) is 0. The maximum atomic E-state index is 2.45. The average molecular weight is 687 g/mol. The van der Waals surface area contributed by atoms with Crippen molar-refractivity contribution < 1.29 is 0 Å². The minimum atomic E-state index is 1.15. The number of rotatable bonds is 5. The number of fused-ring (bicyclic) bond motifs is 7. The monoisotopic (exact) mass is 686 g/mol. The molecule has 11 rings (SSSR count). The first-order valence-corrected chi connectivity index (χ1v) is 18.6. The Hall–Kier alpha value is -7.16. The van der Waals surface area contributed by atoms with Gasteiger partial charge in [-0.15, -0.1) is 0 Å². The standard InChI is InChI=1S/C52H34N2/c1-3-13-35(14-4-1)41-30-42(38-24-23-36-15-7-8-16-37(36)29-38)32-44(31-41)54-50-22-12-10-20-46(50)48-33-39(26-28-51(48)54)40-25-27-47-45-19-9-11-21-49(45)53(52(47)34-40)43-17-5-2-6-18-43/h1-34H. The second-order valence-electron chi connectivity index (χ2n) is 14.2. The summed E-state index contributed by atoms with van der Waals surface area (Å²) >= 11 is 0. The van der Waals surface area contributed by atoms with Gasteiger partial charge in [-0.3, -0.25) is 0 Å². The Labute approximate surface area is 313 Å². The molecule has 9 aromatic carbocycles. The molecule has 54 heavy (non-hydrogen) atoms. The van der Waals surface area contributed by atoms with Gasteiger partial charge in [0.25, 0.3) is 0 Å². The maximum absolute atomic E-state index is 2.45. The van der Waals surface area contributed by atoms with Crippen molar-refractivity contribution in [2.75, 3.05) is 0 Å². The molecule has 252 valence electrons. The molecule has 0 unspecified atom stereocenters. The van der Waals surface area contributed by atoms with E-state index in [1.54, 1.807) is 0 Å². The van der Waals surface area contributed by atoms with Crippen LogP contribution in [-0.4, -0.2) is 9.13 Å². The van der Waals surface area contributed by atoms with Crippen molar-refractivity contribution in [2.45, 2.75) is 0 Å². The number of aromatic nitrogens is 2. The molecule has 0 spiro atoms. The molecule has 0 radical (unpaired) electrons. The Morgan fingerprint density at radius 1 is 0.222 bits per heavy atom. The van der Waals surface area contributed by atoms with Crippen molar-refractivity contribution in [1.29, 1.82) is 0 Å². The van der Waals surface area contributed by atoms with E-state index in [1.165, 1.54) is 93.5 Å². The molecule has 2 aromatic heterocycles. The van der Waals surface area contributed by atoms with E-state index in [-0.39, 0.29) is 0 Å². The lowest BCUT2D eigenvalue weighted by Gasteiger charge is -2.14. The fourth-order valence-corrected chi connectivity index (χ4v) is 8.51. The van der Waals surface area contributed by atoms with Crippen molar-refractivity contribution >= 4 is 54.4 Å². The van der Waals surface area contributed by atoms with Gasteiger partial charge in [-0.1, -0.05) is 140 Å². The van der Waals surface area contributed by atoms with Gasteiger partial charge in [-0.25, -0.2) is 0 Å². The number of hydrogen-bond donors (Lipinski definition) is 0. The molecule has 0 atom stereocenters. The molecule has 0 aliphatic carbocycles. The summed E-state index contributed by atoms with van der Waals surface area (Å²) in [5.74, 6) is 0. The quantitative estimate of drug-likeness (QED) is 0.171. The highest BCUT2D eigenvalue weighted by Gasteiger charge is 2.17. The average Bonchev–Trinajstić information content (AvgIpc) is 3.76. The molecule has 2 heteroatoms. The summed E-state index contributed by atoms with van der Waals surface area (Å²) in [6, 6.07) is 75.3. The minimum absolute atomic E-state index is 1.15. The fourth-order valence-electron chi connectivity index (χ4n) is 8.51. The molecule has 2 heterocycles. The minimum Gasteiger partial charge on any atom is -0.309 e. The van der Waals surface area contributed by atoms with Crippen molar-refractivity contribution in [1.82, 2.24) is 9.13 Å². The van der Waals surface area contributed by atoms with E-state index in [0.717, 1.165) is 5.69 Å². The van der Waals surface area contributed by atoms with Crippen molar-refractivity contribution in [2.24, 2.45) is 0 Å². The summed E-state index contributed by atoms with van der Waals surface area (Å²) in [7, 11) is 0. The van der Waals surface area contributed by atoms with Crippen LogP contribution in [0.3, 0.4) is 0 Å². The summed E-state index contributed by atoms with van der Waals surface area (Å²) in [5, 5.41) is 7.50. The highest BCUT2D eigenvalue weighted by atomic mass is 15.0. The van der Waals surface area contributed by atoms with Crippen LogP contribution in [0.4, 0.5) is 0 Å². The van der Waals surface area contributed by atoms with Crippen LogP contribution in [-0.2, 0) is 0 Å². The smallest absolute Gasteiger partial charge is 0.0547 e. The summed E-state index contributed by atoms with van der Waals surface area (Å²) in [6.45, 7) is 0. The fraction of sp³-hybridized carbons (Fsp3) is 0. The van der Waals surface area contributed by atoms with Gasteiger partial charge < -0.3 is 9.13 Å². The van der Waals surface area contributed by atoms with Gasteiger partial charge in [0, 0.05) is 32.9 Å². The zero-order chi connectivity index (χ0) is 35.6. The van der Waals surface area contributed by atoms with Gasteiger partial charge >= 0.3 is 0 Å². The SMILES string of the molecule is c1ccc(-c2cc(-c3ccc4ccccc4c3)cc(-n3c4ccccc4c4cc(-c5ccc6c7ccccc7n(-c7ccccc7)c6c5)ccc43)c2)cc1. The highest BCUT2D eigenvalue weighted by Crippen LogP contribution is 2.40. The summed E-state index contributed by atoms with van der Waals surface area (Å²) in [6.07, 6.45) is 0. The van der Waals surface area contributed by atoms with Gasteiger partial charge in [0.15, 0.2) is 0 Å². The van der Waals surface area contributed by atoms with E-state index in [1.807, 2.05) is 0 Å². The van der Waals surface area contributed by atoms with Crippen LogP contribution in [0.5, 0.6) is 0 Å². The molecular formula is C52H34N2. The second kappa shape index (κ2) is 12.2. The normalized spacial score (nSPS) is 11.7. The predicted molar refractivity (Wildman–Crippen MR) is 229 cm³/mol. The summed E-state index contributed by atoms with van der Waals surface area (Å²) < 4.78 is 4.84. The van der Waals surface area contributed by atoms with Crippen LogP contribution in [0.2, 0.25) is 0 Å². The predicted octanol–water partition coefficient (Wildman–Crippen LogP) is 14.0. The first kappa shape index (κ1) is 30.5. The second-order valence-corrected chi connectivity index (χ2v) is 14.2. The highest BCUT2D eigenvalue weighted by molar-refractivity contribution is 6.12. The number of benzene rings is 9. The lowest BCUT2D eigenvalue weighted by atomic mass is 9.96. The molecule has 0 bridgehead atoms. The third-order valence-corrected chi connectivity index (χ3v) is 11.1. The molecule has 0 aliphatic heterocycles. The van der Waals surface area contributed by atoms with Gasteiger partial charge in [0.2, 0.25) is 0 Å². The largest absolute Gasteiger partial charge is 0.309 e.